The first-order valence-electron chi connectivity index (χ1n) is 9.89. The monoisotopic (exact) mass is 428 g/mol. The zero-order chi connectivity index (χ0) is 21.5. The van der Waals surface area contributed by atoms with E-state index in [0.29, 0.717) is 16.3 Å². The van der Waals surface area contributed by atoms with Crippen molar-refractivity contribution in [2.75, 3.05) is 11.9 Å². The number of aryl methyl sites for hydroxylation is 1. The van der Waals surface area contributed by atoms with Crippen LogP contribution in [0.1, 0.15) is 59.5 Å². The molecule has 8 nitrogen and oxygen atoms in total. The van der Waals surface area contributed by atoms with Gasteiger partial charge in [-0.2, -0.15) is 5.10 Å². The number of hydrogen-bond donors (Lipinski definition) is 2. The summed E-state index contributed by atoms with van der Waals surface area (Å²) in [6, 6.07) is 3.49. The molecule has 3 rings (SSSR count). The van der Waals surface area contributed by atoms with Crippen molar-refractivity contribution < 1.29 is 19.1 Å². The van der Waals surface area contributed by atoms with E-state index in [1.807, 2.05) is 0 Å². The summed E-state index contributed by atoms with van der Waals surface area (Å²) in [6.07, 6.45) is 7.95. The highest BCUT2D eigenvalue weighted by Crippen LogP contribution is 2.38. The molecule has 0 spiro atoms. The topological polar surface area (TPSA) is 110 Å². The summed E-state index contributed by atoms with van der Waals surface area (Å²) < 4.78 is 5.19. The van der Waals surface area contributed by atoms with Gasteiger partial charge in [-0.05, 0) is 57.2 Å². The molecule has 0 saturated carbocycles. The molecule has 0 saturated heterocycles. The number of ether oxygens (including phenoxy) is 1. The van der Waals surface area contributed by atoms with Crippen molar-refractivity contribution in [3.63, 3.8) is 0 Å². The van der Waals surface area contributed by atoms with Crippen LogP contribution >= 0.6 is 11.3 Å². The van der Waals surface area contributed by atoms with Gasteiger partial charge in [-0.1, -0.05) is 6.42 Å². The lowest BCUT2D eigenvalue weighted by Crippen LogP contribution is -2.33. The Balaban J connectivity index is 1.75. The van der Waals surface area contributed by atoms with Gasteiger partial charge in [-0.25, -0.2) is 10.2 Å². The summed E-state index contributed by atoms with van der Waals surface area (Å²) in [5.41, 5.74) is 4.86. The molecule has 0 aliphatic heterocycles. The number of carbonyl (C=O) groups is 3. The van der Waals surface area contributed by atoms with Crippen LogP contribution in [-0.2, 0) is 27.2 Å². The van der Waals surface area contributed by atoms with Gasteiger partial charge in [0.2, 0.25) is 0 Å². The molecular weight excluding hydrogens is 404 g/mol. The van der Waals surface area contributed by atoms with Gasteiger partial charge in [0, 0.05) is 22.8 Å². The van der Waals surface area contributed by atoms with Crippen molar-refractivity contribution in [3.8, 4) is 0 Å². The number of fused-ring (bicyclic) bond motifs is 1. The van der Waals surface area contributed by atoms with Crippen LogP contribution in [-0.4, -0.2) is 35.1 Å². The maximum atomic E-state index is 12.5. The molecule has 2 heterocycles. The maximum Gasteiger partial charge on any atom is 0.341 e. The van der Waals surface area contributed by atoms with Gasteiger partial charge in [0.1, 0.15) is 5.00 Å². The standard InChI is InChI=1S/C21H24N4O4S/c1-3-29-21(28)17-15-7-5-4-6-8-16(15)30-20(17)23-18(26)19(27)25-24-13(2)14-9-11-22-12-10-14/h9-12H,3-8H2,1-2H3,(H,23,26)(H,25,27)/b24-13-. The van der Waals surface area contributed by atoms with Crippen molar-refractivity contribution in [1.29, 1.82) is 0 Å². The van der Waals surface area contributed by atoms with Crippen LogP contribution in [0.5, 0.6) is 0 Å². The number of hydrazone groups is 1. The fraction of sp³-hybridized carbons (Fsp3) is 0.381. The van der Waals surface area contributed by atoms with Gasteiger partial charge < -0.3 is 10.1 Å². The largest absolute Gasteiger partial charge is 0.462 e. The average Bonchev–Trinajstić information content (AvgIpc) is 2.92. The number of carbonyl (C=O) groups excluding carboxylic acids is 3. The van der Waals surface area contributed by atoms with Gasteiger partial charge in [-0.15, -0.1) is 11.3 Å². The Morgan fingerprint density at radius 1 is 1.13 bits per heavy atom. The minimum Gasteiger partial charge on any atom is -0.462 e. The van der Waals surface area contributed by atoms with Crippen molar-refractivity contribution in [2.45, 2.75) is 46.0 Å². The number of pyridine rings is 1. The van der Waals surface area contributed by atoms with E-state index >= 15 is 0 Å². The number of esters is 1. The molecule has 0 atom stereocenters. The normalized spacial score (nSPS) is 13.7. The molecular formula is C21H24N4O4S. The van der Waals surface area contributed by atoms with Crippen molar-refractivity contribution in [3.05, 3.63) is 46.1 Å². The highest BCUT2D eigenvalue weighted by molar-refractivity contribution is 7.17. The maximum absolute atomic E-state index is 12.5. The summed E-state index contributed by atoms with van der Waals surface area (Å²) in [7, 11) is 0. The second kappa shape index (κ2) is 10.1. The van der Waals surface area contributed by atoms with Crippen LogP contribution in [0, 0.1) is 0 Å². The van der Waals surface area contributed by atoms with E-state index in [-0.39, 0.29) is 6.61 Å². The Morgan fingerprint density at radius 3 is 2.60 bits per heavy atom. The molecule has 9 heteroatoms. The Morgan fingerprint density at radius 2 is 1.87 bits per heavy atom. The highest BCUT2D eigenvalue weighted by atomic mass is 32.1. The Labute approximate surface area is 178 Å². The fourth-order valence-corrected chi connectivity index (χ4v) is 4.53. The lowest BCUT2D eigenvalue weighted by atomic mass is 10.1. The minimum absolute atomic E-state index is 0.236. The van der Waals surface area contributed by atoms with Crippen LogP contribution in [0.15, 0.2) is 29.6 Å². The van der Waals surface area contributed by atoms with Gasteiger partial charge in [0.05, 0.1) is 17.9 Å². The number of nitrogens with zero attached hydrogens (tertiary/aromatic N) is 2. The summed E-state index contributed by atoms with van der Waals surface area (Å²) >= 11 is 1.34. The molecule has 2 aromatic heterocycles. The summed E-state index contributed by atoms with van der Waals surface area (Å²) in [4.78, 5) is 42.2. The summed E-state index contributed by atoms with van der Waals surface area (Å²) in [5.74, 6) is -2.27. The van der Waals surface area contributed by atoms with E-state index in [1.165, 1.54) is 11.3 Å². The molecule has 2 N–H and O–H groups in total. The van der Waals surface area contributed by atoms with Gasteiger partial charge in [-0.3, -0.25) is 14.6 Å². The second-order valence-corrected chi connectivity index (χ2v) is 7.92. The van der Waals surface area contributed by atoms with E-state index in [4.69, 9.17) is 4.74 Å². The third-order valence-corrected chi connectivity index (χ3v) is 5.96. The zero-order valence-electron chi connectivity index (χ0n) is 17.0. The molecule has 0 fully saturated rings. The molecule has 2 amide bonds. The van der Waals surface area contributed by atoms with Crippen LogP contribution in [0.2, 0.25) is 0 Å². The van der Waals surface area contributed by atoms with Crippen molar-refractivity contribution in [2.24, 2.45) is 5.10 Å². The van der Waals surface area contributed by atoms with Crippen molar-refractivity contribution >= 4 is 39.8 Å². The SMILES string of the molecule is CCOC(=O)c1c(NC(=O)C(=O)N/N=C(/C)c2ccncc2)sc2c1CCCCC2. The Hall–Kier alpha value is -3.07. The average molecular weight is 429 g/mol. The number of thiophene rings is 1. The molecule has 0 bridgehead atoms. The molecule has 2 aromatic rings. The second-order valence-electron chi connectivity index (χ2n) is 6.82. The Bertz CT molecular complexity index is 969. The van der Waals surface area contributed by atoms with E-state index in [1.54, 1.807) is 38.4 Å². The highest BCUT2D eigenvalue weighted by Gasteiger charge is 2.27. The van der Waals surface area contributed by atoms with Crippen LogP contribution in [0.25, 0.3) is 0 Å². The van der Waals surface area contributed by atoms with Gasteiger partial charge >= 0.3 is 17.8 Å². The van der Waals surface area contributed by atoms with E-state index in [9.17, 15) is 14.4 Å². The van der Waals surface area contributed by atoms with E-state index in [2.05, 4.69) is 20.8 Å². The number of amides is 2. The first-order valence-corrected chi connectivity index (χ1v) is 10.7. The number of rotatable bonds is 5. The molecule has 1 aliphatic carbocycles. The first-order chi connectivity index (χ1) is 14.5. The van der Waals surface area contributed by atoms with Crippen molar-refractivity contribution in [1.82, 2.24) is 10.4 Å². The quantitative estimate of drug-likeness (QED) is 0.250. The predicted octanol–water partition coefficient (Wildman–Crippen LogP) is 3.07. The lowest BCUT2D eigenvalue weighted by molar-refractivity contribution is -0.136. The lowest BCUT2D eigenvalue weighted by Gasteiger charge is -2.08. The van der Waals surface area contributed by atoms with Crippen LogP contribution in [0.4, 0.5) is 5.00 Å². The van der Waals surface area contributed by atoms with Crippen LogP contribution < -0.4 is 10.7 Å². The number of hydrogen-bond acceptors (Lipinski definition) is 7. The molecule has 158 valence electrons. The fourth-order valence-electron chi connectivity index (χ4n) is 3.25. The summed E-state index contributed by atoms with van der Waals surface area (Å²) in [6.45, 7) is 3.68. The number of anilines is 1. The van der Waals surface area contributed by atoms with Gasteiger partial charge in [0.15, 0.2) is 0 Å². The predicted molar refractivity (Wildman–Crippen MR) is 115 cm³/mol. The smallest absolute Gasteiger partial charge is 0.341 e. The number of aromatic nitrogens is 1. The third kappa shape index (κ3) is 5.10. The molecule has 0 aromatic carbocycles. The molecule has 1 aliphatic rings. The Kier molecular flexibility index (Phi) is 7.29. The molecule has 0 radical (unpaired) electrons. The number of nitrogens with one attached hydrogen (secondary N) is 2. The van der Waals surface area contributed by atoms with Gasteiger partial charge in [0.25, 0.3) is 0 Å². The minimum atomic E-state index is -0.915. The first kappa shape index (κ1) is 21.6. The summed E-state index contributed by atoms with van der Waals surface area (Å²) in [5, 5.41) is 6.90. The molecule has 0 unspecified atom stereocenters. The molecule has 30 heavy (non-hydrogen) atoms. The zero-order valence-corrected chi connectivity index (χ0v) is 17.8. The van der Waals surface area contributed by atoms with E-state index in [0.717, 1.165) is 48.1 Å². The van der Waals surface area contributed by atoms with Crippen LogP contribution in [0.3, 0.4) is 0 Å². The van der Waals surface area contributed by atoms with E-state index < -0.39 is 17.8 Å². The third-order valence-electron chi connectivity index (χ3n) is 4.76.